The van der Waals surface area contributed by atoms with Crippen LogP contribution >= 0.6 is 35.6 Å². The zero-order chi connectivity index (χ0) is 18.7. The molecule has 27 heavy (non-hydrogen) atoms. The normalized spacial score (nSPS) is 18.6. The van der Waals surface area contributed by atoms with Crippen LogP contribution in [0.4, 0.5) is 0 Å². The molecule has 1 aromatic rings. The third-order valence-corrected chi connectivity index (χ3v) is 5.93. The third kappa shape index (κ3) is 5.98. The van der Waals surface area contributed by atoms with Gasteiger partial charge in [0.05, 0.1) is 15.6 Å². The summed E-state index contributed by atoms with van der Waals surface area (Å²) in [5, 5.41) is 6.86. The Morgan fingerprint density at radius 1 is 1.19 bits per heavy atom. The number of likely N-dealkylation sites (tertiary alicyclic amines) is 1. The topological polar surface area (TPSA) is 61.4 Å². The van der Waals surface area contributed by atoms with Crippen LogP contribution < -0.4 is 10.6 Å². The summed E-state index contributed by atoms with van der Waals surface area (Å²) in [7, 11) is 0. The molecule has 1 heterocycles. The summed E-state index contributed by atoms with van der Waals surface area (Å²) in [5.41, 5.74) is 0.279. The molecule has 1 unspecified atom stereocenters. The van der Waals surface area contributed by atoms with E-state index in [9.17, 15) is 9.59 Å². The van der Waals surface area contributed by atoms with Gasteiger partial charge in [-0.2, -0.15) is 0 Å². The fourth-order valence-corrected chi connectivity index (χ4v) is 3.63. The average Bonchev–Trinajstić information content (AvgIpc) is 3.46. The molecule has 0 bridgehead atoms. The van der Waals surface area contributed by atoms with Crippen LogP contribution in [0.5, 0.6) is 0 Å². The molecule has 1 aliphatic carbocycles. The summed E-state index contributed by atoms with van der Waals surface area (Å²) in [6.07, 6.45) is 4.61. The molecule has 1 saturated heterocycles. The molecule has 3 rings (SSSR count). The zero-order valence-electron chi connectivity index (χ0n) is 15.3. The summed E-state index contributed by atoms with van der Waals surface area (Å²) in [6, 6.07) is 4.77. The highest BCUT2D eigenvalue weighted by Gasteiger charge is 2.28. The molecular formula is C19H26Cl3N3O2. The van der Waals surface area contributed by atoms with Crippen molar-refractivity contribution in [1.29, 1.82) is 0 Å². The van der Waals surface area contributed by atoms with Gasteiger partial charge in [0.1, 0.15) is 6.04 Å². The molecule has 0 radical (unpaired) electrons. The zero-order valence-corrected chi connectivity index (χ0v) is 17.7. The van der Waals surface area contributed by atoms with E-state index in [1.54, 1.807) is 25.1 Å². The molecular weight excluding hydrogens is 409 g/mol. The van der Waals surface area contributed by atoms with Crippen molar-refractivity contribution in [2.45, 2.75) is 44.7 Å². The van der Waals surface area contributed by atoms with E-state index in [1.807, 2.05) is 4.90 Å². The number of amides is 2. The molecule has 5 nitrogen and oxygen atoms in total. The Morgan fingerprint density at radius 3 is 2.48 bits per heavy atom. The van der Waals surface area contributed by atoms with Gasteiger partial charge in [0.15, 0.2) is 0 Å². The molecule has 1 aliphatic heterocycles. The van der Waals surface area contributed by atoms with Gasteiger partial charge in [0.25, 0.3) is 5.91 Å². The van der Waals surface area contributed by atoms with Crippen molar-refractivity contribution in [2.75, 3.05) is 19.6 Å². The van der Waals surface area contributed by atoms with E-state index >= 15 is 0 Å². The molecule has 1 aromatic carbocycles. The summed E-state index contributed by atoms with van der Waals surface area (Å²) < 4.78 is 0. The van der Waals surface area contributed by atoms with Gasteiger partial charge in [-0.15, -0.1) is 12.4 Å². The molecule has 2 N–H and O–H groups in total. The number of hydrogen-bond acceptors (Lipinski definition) is 3. The number of nitrogens with zero attached hydrogens (tertiary/aromatic N) is 1. The highest BCUT2D eigenvalue weighted by Crippen LogP contribution is 2.28. The van der Waals surface area contributed by atoms with E-state index in [0.29, 0.717) is 11.1 Å². The minimum Gasteiger partial charge on any atom is -0.341 e. The number of hydrogen-bond donors (Lipinski definition) is 2. The lowest BCUT2D eigenvalue weighted by molar-refractivity contribution is -0.133. The third-order valence-electron chi connectivity index (χ3n) is 5.11. The van der Waals surface area contributed by atoms with Crippen molar-refractivity contribution in [3.63, 3.8) is 0 Å². The standard InChI is InChI=1S/C19H25Cl2N3O2.ClH/c1-12(23-18(25)15-3-2-4-16(20)17(15)21)19(26)24-9-7-14(8-10-24)22-11-13-5-6-13;/h2-4,12-14,22H,5-11H2,1H3,(H,23,25);1H. The van der Waals surface area contributed by atoms with Crippen molar-refractivity contribution in [1.82, 2.24) is 15.5 Å². The van der Waals surface area contributed by atoms with Gasteiger partial charge in [0.2, 0.25) is 5.91 Å². The number of carbonyl (C=O) groups excluding carboxylic acids is 2. The Hall–Kier alpha value is -1.01. The quantitative estimate of drug-likeness (QED) is 0.720. The fourth-order valence-electron chi connectivity index (χ4n) is 3.25. The minimum atomic E-state index is -0.603. The van der Waals surface area contributed by atoms with Crippen molar-refractivity contribution < 1.29 is 9.59 Å². The maximum absolute atomic E-state index is 12.6. The van der Waals surface area contributed by atoms with Crippen LogP contribution in [0.2, 0.25) is 10.0 Å². The number of benzene rings is 1. The van der Waals surface area contributed by atoms with E-state index < -0.39 is 6.04 Å². The summed E-state index contributed by atoms with van der Waals surface area (Å²) in [4.78, 5) is 26.9. The number of piperidine rings is 1. The van der Waals surface area contributed by atoms with E-state index in [-0.39, 0.29) is 34.8 Å². The average molecular weight is 435 g/mol. The van der Waals surface area contributed by atoms with Gasteiger partial charge in [-0.05, 0) is 57.2 Å². The Kier molecular flexibility index (Phi) is 8.22. The number of rotatable bonds is 6. The Balaban J connectivity index is 0.00000261. The maximum Gasteiger partial charge on any atom is 0.253 e. The lowest BCUT2D eigenvalue weighted by Gasteiger charge is -2.34. The monoisotopic (exact) mass is 433 g/mol. The van der Waals surface area contributed by atoms with Crippen molar-refractivity contribution >= 4 is 47.4 Å². The number of halogens is 3. The molecule has 2 aliphatic rings. The molecule has 0 aromatic heterocycles. The second-order valence-corrected chi connectivity index (χ2v) is 8.03. The SMILES string of the molecule is CC(NC(=O)c1cccc(Cl)c1Cl)C(=O)N1CCC(NCC2CC2)CC1.Cl. The van der Waals surface area contributed by atoms with Crippen molar-refractivity contribution in [3.05, 3.63) is 33.8 Å². The molecule has 8 heteroatoms. The van der Waals surface area contributed by atoms with Gasteiger partial charge >= 0.3 is 0 Å². The van der Waals surface area contributed by atoms with Gasteiger partial charge in [-0.3, -0.25) is 9.59 Å². The first kappa shape index (κ1) is 22.3. The van der Waals surface area contributed by atoms with Crippen LogP contribution in [0.15, 0.2) is 18.2 Å². The van der Waals surface area contributed by atoms with Crippen molar-refractivity contribution in [3.8, 4) is 0 Å². The van der Waals surface area contributed by atoms with Gasteiger partial charge in [0, 0.05) is 19.1 Å². The summed E-state index contributed by atoms with van der Waals surface area (Å²) in [6.45, 7) is 4.25. The van der Waals surface area contributed by atoms with E-state index in [1.165, 1.54) is 12.8 Å². The van der Waals surface area contributed by atoms with Crippen LogP contribution in [0.1, 0.15) is 43.0 Å². The summed E-state index contributed by atoms with van der Waals surface area (Å²) in [5.74, 6) is 0.416. The Morgan fingerprint density at radius 2 is 1.85 bits per heavy atom. The first-order valence-corrected chi connectivity index (χ1v) is 9.98. The van der Waals surface area contributed by atoms with Gasteiger partial charge in [-0.1, -0.05) is 29.3 Å². The molecule has 1 saturated carbocycles. The van der Waals surface area contributed by atoms with Crippen LogP contribution in [0.25, 0.3) is 0 Å². The van der Waals surface area contributed by atoms with Gasteiger partial charge in [-0.25, -0.2) is 0 Å². The number of carbonyl (C=O) groups is 2. The van der Waals surface area contributed by atoms with E-state index in [2.05, 4.69) is 10.6 Å². The highest BCUT2D eigenvalue weighted by atomic mass is 35.5. The first-order chi connectivity index (χ1) is 12.5. The van der Waals surface area contributed by atoms with Crippen molar-refractivity contribution in [2.24, 2.45) is 5.92 Å². The van der Waals surface area contributed by atoms with Crippen LogP contribution in [0, 0.1) is 5.92 Å². The Labute approximate surface area is 176 Å². The lowest BCUT2D eigenvalue weighted by Crippen LogP contribution is -2.51. The lowest BCUT2D eigenvalue weighted by atomic mass is 10.0. The van der Waals surface area contributed by atoms with Crippen LogP contribution in [0.3, 0.4) is 0 Å². The van der Waals surface area contributed by atoms with Crippen LogP contribution in [-0.4, -0.2) is 48.4 Å². The van der Waals surface area contributed by atoms with E-state index in [4.69, 9.17) is 23.2 Å². The second-order valence-electron chi connectivity index (χ2n) is 7.25. The predicted molar refractivity (Wildman–Crippen MR) is 111 cm³/mol. The fraction of sp³-hybridized carbons (Fsp3) is 0.579. The summed E-state index contributed by atoms with van der Waals surface area (Å²) >= 11 is 12.0. The minimum absolute atomic E-state index is 0. The molecule has 150 valence electrons. The molecule has 2 amide bonds. The van der Waals surface area contributed by atoms with Gasteiger partial charge < -0.3 is 15.5 Å². The maximum atomic E-state index is 12.6. The largest absolute Gasteiger partial charge is 0.341 e. The highest BCUT2D eigenvalue weighted by molar-refractivity contribution is 6.43. The predicted octanol–water partition coefficient (Wildman–Crippen LogP) is 3.52. The second kappa shape index (κ2) is 9.97. The van der Waals surface area contributed by atoms with Crippen LogP contribution in [-0.2, 0) is 4.79 Å². The first-order valence-electron chi connectivity index (χ1n) is 9.22. The molecule has 0 spiro atoms. The molecule has 2 fully saturated rings. The van der Waals surface area contributed by atoms with E-state index in [0.717, 1.165) is 38.4 Å². The smallest absolute Gasteiger partial charge is 0.253 e. The molecule has 1 atom stereocenters. The number of nitrogens with one attached hydrogen (secondary N) is 2. The Bertz CT molecular complexity index is 674.